The Morgan fingerprint density at radius 1 is 1.44 bits per heavy atom. The number of carbonyl (C=O) groups excluding carboxylic acids is 1. The summed E-state index contributed by atoms with van der Waals surface area (Å²) in [7, 11) is 0. The van der Waals surface area contributed by atoms with E-state index in [4.69, 9.17) is 0 Å². The molecule has 1 aromatic carbocycles. The Morgan fingerprint density at radius 2 is 2.06 bits per heavy atom. The Balaban J connectivity index is 2.31. The van der Waals surface area contributed by atoms with E-state index < -0.39 is 5.60 Å². The van der Waals surface area contributed by atoms with Gasteiger partial charge in [-0.05, 0) is 18.9 Å². The molecular weight excluding hydrogens is 202 g/mol. The Morgan fingerprint density at radius 3 is 2.56 bits per heavy atom. The maximum Gasteiger partial charge on any atom is 0.219 e. The first-order valence-corrected chi connectivity index (χ1v) is 5.61. The van der Waals surface area contributed by atoms with Gasteiger partial charge in [0.15, 0.2) is 0 Å². The molecule has 0 unspecified atom stereocenters. The minimum absolute atomic E-state index is 0.0272. The molecule has 0 aliphatic carbocycles. The molecule has 1 aromatic rings. The highest BCUT2D eigenvalue weighted by Gasteiger charge is 2.45. The second-order valence-corrected chi connectivity index (χ2v) is 4.43. The van der Waals surface area contributed by atoms with Gasteiger partial charge in [0.05, 0.1) is 6.04 Å². The van der Waals surface area contributed by atoms with Gasteiger partial charge in [0.25, 0.3) is 0 Å². The number of rotatable bonds is 1. The quantitative estimate of drug-likeness (QED) is 0.778. The highest BCUT2D eigenvalue weighted by atomic mass is 16.3. The number of likely N-dealkylation sites (tertiary alicyclic amines) is 1. The van der Waals surface area contributed by atoms with Crippen LogP contribution in [-0.4, -0.2) is 28.5 Å². The van der Waals surface area contributed by atoms with Crippen LogP contribution in [0.1, 0.15) is 25.8 Å². The smallest absolute Gasteiger partial charge is 0.219 e. The Bertz CT molecular complexity index is 390. The minimum Gasteiger partial charge on any atom is -0.383 e. The normalized spacial score (nSPS) is 29.4. The molecule has 3 nitrogen and oxygen atoms in total. The number of hydrogen-bond donors (Lipinski definition) is 1. The lowest BCUT2D eigenvalue weighted by atomic mass is 9.87. The van der Waals surface area contributed by atoms with Gasteiger partial charge in [-0.25, -0.2) is 0 Å². The Labute approximate surface area is 95.7 Å². The molecule has 1 N–H and O–H groups in total. The standard InChI is InChI=1S/C13H17NO2/c1-10-13(16,8-9-14(10)11(2)15)12-6-4-3-5-7-12/h3-7,10,16H,8-9H2,1-2H3/t10-,13-/m0/s1. The molecule has 0 saturated carbocycles. The van der Waals surface area contributed by atoms with Crippen LogP contribution in [0.4, 0.5) is 0 Å². The van der Waals surface area contributed by atoms with Gasteiger partial charge in [-0.2, -0.15) is 0 Å². The van der Waals surface area contributed by atoms with Crippen LogP contribution in [0.15, 0.2) is 30.3 Å². The van der Waals surface area contributed by atoms with Crippen molar-refractivity contribution in [2.24, 2.45) is 0 Å². The monoisotopic (exact) mass is 219 g/mol. The van der Waals surface area contributed by atoms with Gasteiger partial charge < -0.3 is 10.0 Å². The zero-order valence-electron chi connectivity index (χ0n) is 9.68. The van der Waals surface area contributed by atoms with Crippen LogP contribution < -0.4 is 0 Å². The molecule has 0 aromatic heterocycles. The van der Waals surface area contributed by atoms with Crippen molar-refractivity contribution in [1.29, 1.82) is 0 Å². The van der Waals surface area contributed by atoms with Crippen molar-refractivity contribution in [3.8, 4) is 0 Å². The highest BCUT2D eigenvalue weighted by molar-refractivity contribution is 5.74. The van der Waals surface area contributed by atoms with Crippen LogP contribution in [0.3, 0.4) is 0 Å². The summed E-state index contributed by atoms with van der Waals surface area (Å²) in [5.74, 6) is 0.0272. The first-order valence-electron chi connectivity index (χ1n) is 5.61. The topological polar surface area (TPSA) is 40.5 Å². The fourth-order valence-corrected chi connectivity index (χ4v) is 2.49. The van der Waals surface area contributed by atoms with Gasteiger partial charge in [0.1, 0.15) is 5.60 Å². The van der Waals surface area contributed by atoms with Gasteiger partial charge in [-0.15, -0.1) is 0 Å². The third-order valence-electron chi connectivity index (χ3n) is 3.57. The van der Waals surface area contributed by atoms with Crippen LogP contribution in [0.2, 0.25) is 0 Å². The molecule has 0 radical (unpaired) electrons. The second kappa shape index (κ2) is 3.91. The van der Waals surface area contributed by atoms with Crippen LogP contribution in [0.5, 0.6) is 0 Å². The lowest BCUT2D eigenvalue weighted by Gasteiger charge is -2.31. The largest absolute Gasteiger partial charge is 0.383 e. The summed E-state index contributed by atoms with van der Waals surface area (Å²) in [5, 5.41) is 10.7. The average molecular weight is 219 g/mol. The van der Waals surface area contributed by atoms with E-state index in [1.807, 2.05) is 37.3 Å². The summed E-state index contributed by atoms with van der Waals surface area (Å²) in [4.78, 5) is 13.1. The van der Waals surface area contributed by atoms with Crippen molar-refractivity contribution in [3.05, 3.63) is 35.9 Å². The predicted molar refractivity (Wildman–Crippen MR) is 61.8 cm³/mol. The number of amides is 1. The first-order chi connectivity index (χ1) is 7.55. The van der Waals surface area contributed by atoms with Gasteiger partial charge >= 0.3 is 0 Å². The number of carbonyl (C=O) groups is 1. The van der Waals surface area contributed by atoms with Crippen LogP contribution >= 0.6 is 0 Å². The summed E-state index contributed by atoms with van der Waals surface area (Å²) in [6, 6.07) is 9.43. The second-order valence-electron chi connectivity index (χ2n) is 4.43. The van der Waals surface area contributed by atoms with E-state index in [0.717, 1.165) is 5.56 Å². The molecule has 1 aliphatic heterocycles. The van der Waals surface area contributed by atoms with Crippen molar-refractivity contribution in [2.75, 3.05) is 6.54 Å². The predicted octanol–water partition coefficient (Wildman–Crippen LogP) is 1.51. The molecule has 1 heterocycles. The van der Waals surface area contributed by atoms with Crippen molar-refractivity contribution in [3.63, 3.8) is 0 Å². The van der Waals surface area contributed by atoms with Gasteiger partial charge in [0.2, 0.25) is 5.91 Å². The molecule has 1 saturated heterocycles. The van der Waals surface area contributed by atoms with E-state index in [0.29, 0.717) is 13.0 Å². The maximum absolute atomic E-state index is 11.4. The SMILES string of the molecule is CC(=O)N1CC[C@@](O)(c2ccccc2)[C@@H]1C. The van der Waals surface area contributed by atoms with Crippen LogP contribution in [-0.2, 0) is 10.4 Å². The molecule has 0 spiro atoms. The van der Waals surface area contributed by atoms with E-state index >= 15 is 0 Å². The lowest BCUT2D eigenvalue weighted by Crippen LogP contribution is -2.42. The fourth-order valence-electron chi connectivity index (χ4n) is 2.49. The molecule has 1 aliphatic rings. The number of nitrogens with zero attached hydrogens (tertiary/aromatic N) is 1. The van der Waals surface area contributed by atoms with E-state index in [2.05, 4.69) is 0 Å². The average Bonchev–Trinajstić information content (AvgIpc) is 2.58. The Kier molecular flexibility index (Phi) is 2.72. The van der Waals surface area contributed by atoms with Crippen molar-refractivity contribution < 1.29 is 9.90 Å². The molecular formula is C13H17NO2. The summed E-state index contributed by atoms with van der Waals surface area (Å²) >= 11 is 0. The van der Waals surface area contributed by atoms with Crippen molar-refractivity contribution in [2.45, 2.75) is 31.9 Å². The third kappa shape index (κ3) is 1.61. The molecule has 0 bridgehead atoms. The third-order valence-corrected chi connectivity index (χ3v) is 3.57. The summed E-state index contributed by atoms with van der Waals surface area (Å²) in [6.45, 7) is 4.08. The molecule has 2 rings (SSSR count). The van der Waals surface area contributed by atoms with E-state index in [-0.39, 0.29) is 11.9 Å². The molecule has 86 valence electrons. The van der Waals surface area contributed by atoms with E-state index in [9.17, 15) is 9.90 Å². The zero-order valence-corrected chi connectivity index (χ0v) is 9.68. The first kappa shape index (κ1) is 11.1. The maximum atomic E-state index is 11.4. The number of benzene rings is 1. The van der Waals surface area contributed by atoms with E-state index in [1.165, 1.54) is 0 Å². The zero-order chi connectivity index (χ0) is 11.8. The van der Waals surface area contributed by atoms with Crippen molar-refractivity contribution in [1.82, 2.24) is 4.90 Å². The lowest BCUT2D eigenvalue weighted by molar-refractivity contribution is -0.131. The molecule has 2 atom stereocenters. The summed E-state index contributed by atoms with van der Waals surface area (Å²) in [5.41, 5.74) is -0.00123. The fraction of sp³-hybridized carbons (Fsp3) is 0.462. The number of hydrogen-bond acceptors (Lipinski definition) is 2. The van der Waals surface area contributed by atoms with Crippen LogP contribution in [0, 0.1) is 0 Å². The van der Waals surface area contributed by atoms with Gasteiger partial charge in [0, 0.05) is 13.5 Å². The van der Waals surface area contributed by atoms with E-state index in [1.54, 1.807) is 11.8 Å². The number of aliphatic hydroxyl groups is 1. The summed E-state index contributed by atoms with van der Waals surface area (Å²) in [6.07, 6.45) is 0.609. The molecule has 16 heavy (non-hydrogen) atoms. The van der Waals surface area contributed by atoms with Gasteiger partial charge in [-0.3, -0.25) is 4.79 Å². The molecule has 3 heteroatoms. The van der Waals surface area contributed by atoms with Crippen LogP contribution in [0.25, 0.3) is 0 Å². The van der Waals surface area contributed by atoms with Gasteiger partial charge in [-0.1, -0.05) is 30.3 Å². The minimum atomic E-state index is -0.896. The molecule has 1 amide bonds. The molecule has 1 fully saturated rings. The highest BCUT2D eigenvalue weighted by Crippen LogP contribution is 2.37. The Hall–Kier alpha value is -1.35. The van der Waals surface area contributed by atoms with Crippen molar-refractivity contribution >= 4 is 5.91 Å². The summed E-state index contributed by atoms with van der Waals surface area (Å²) < 4.78 is 0.